The summed E-state index contributed by atoms with van der Waals surface area (Å²) in [5.41, 5.74) is 17.2. The molecule has 0 aliphatic carbocycles. The van der Waals surface area contributed by atoms with Crippen molar-refractivity contribution in [2.24, 2.45) is 0 Å². The van der Waals surface area contributed by atoms with Crippen LogP contribution in [0.15, 0.2) is 182 Å². The number of aromatic nitrogens is 2. The second kappa shape index (κ2) is 10.4. The largest absolute Gasteiger partial charge is 0.309 e. The first-order valence-corrected chi connectivity index (χ1v) is 17.3. The molecule has 8 aromatic carbocycles. The lowest BCUT2D eigenvalue weighted by Crippen LogP contribution is -1.96. The fourth-order valence-corrected chi connectivity index (χ4v) is 8.53. The second-order valence-electron chi connectivity index (χ2n) is 13.3. The molecule has 0 bridgehead atoms. The molecule has 50 heavy (non-hydrogen) atoms. The van der Waals surface area contributed by atoms with E-state index in [4.69, 9.17) is 0 Å². The standard InChI is InChI=1S/C48H30N2/c1-3-14-31(15-4-1)32-26-27-45-40(28-32)36-18-7-8-19-37(36)41-29-33(30-42-38-20-9-11-23-43(38)50(45)48(41)42)35-22-13-25-46-47(35)39-21-10-12-24-44(39)49(46)34-16-5-2-6-17-34/h1-30H. The van der Waals surface area contributed by atoms with Gasteiger partial charge in [-0.3, -0.25) is 0 Å². The van der Waals surface area contributed by atoms with Crippen molar-refractivity contribution in [2.45, 2.75) is 0 Å². The minimum absolute atomic E-state index is 1.17. The zero-order valence-corrected chi connectivity index (χ0v) is 27.2. The van der Waals surface area contributed by atoms with Crippen molar-refractivity contribution >= 4 is 43.6 Å². The summed E-state index contributed by atoms with van der Waals surface area (Å²) in [6.07, 6.45) is 0. The third-order valence-electron chi connectivity index (χ3n) is 10.6. The molecule has 232 valence electrons. The van der Waals surface area contributed by atoms with Gasteiger partial charge in [0.05, 0.1) is 27.8 Å². The van der Waals surface area contributed by atoms with Gasteiger partial charge in [-0.2, -0.15) is 0 Å². The highest BCUT2D eigenvalue weighted by atomic mass is 15.0. The summed E-state index contributed by atoms with van der Waals surface area (Å²) in [5.74, 6) is 0. The number of hydrogen-bond acceptors (Lipinski definition) is 0. The van der Waals surface area contributed by atoms with E-state index < -0.39 is 0 Å². The van der Waals surface area contributed by atoms with Crippen molar-refractivity contribution in [1.82, 2.24) is 9.13 Å². The molecule has 1 aliphatic rings. The number of benzene rings is 8. The van der Waals surface area contributed by atoms with Crippen LogP contribution in [0.4, 0.5) is 0 Å². The quantitative estimate of drug-likeness (QED) is 0.183. The first kappa shape index (κ1) is 27.3. The minimum atomic E-state index is 1.17. The third kappa shape index (κ3) is 3.79. The Kier molecular flexibility index (Phi) is 5.70. The maximum absolute atomic E-state index is 2.51. The monoisotopic (exact) mass is 634 g/mol. The van der Waals surface area contributed by atoms with Gasteiger partial charge < -0.3 is 9.13 Å². The molecule has 0 fully saturated rings. The van der Waals surface area contributed by atoms with Crippen molar-refractivity contribution < 1.29 is 0 Å². The Morgan fingerprint density at radius 3 is 1.70 bits per heavy atom. The molecule has 0 saturated carbocycles. The molecule has 2 heteroatoms. The molecule has 0 atom stereocenters. The van der Waals surface area contributed by atoms with E-state index in [9.17, 15) is 0 Å². The van der Waals surface area contributed by atoms with Gasteiger partial charge in [0.2, 0.25) is 0 Å². The van der Waals surface area contributed by atoms with E-state index in [1.54, 1.807) is 0 Å². The van der Waals surface area contributed by atoms with Crippen LogP contribution in [-0.2, 0) is 0 Å². The summed E-state index contributed by atoms with van der Waals surface area (Å²) >= 11 is 0. The summed E-state index contributed by atoms with van der Waals surface area (Å²) < 4.78 is 4.92. The van der Waals surface area contributed by atoms with Gasteiger partial charge in [0, 0.05) is 38.4 Å². The number of fused-ring (bicyclic) bond motifs is 11. The van der Waals surface area contributed by atoms with Gasteiger partial charge in [-0.25, -0.2) is 0 Å². The summed E-state index contributed by atoms with van der Waals surface area (Å²) in [6.45, 7) is 0. The van der Waals surface area contributed by atoms with Gasteiger partial charge in [0.1, 0.15) is 0 Å². The highest BCUT2D eigenvalue weighted by molar-refractivity contribution is 6.20. The number of nitrogens with zero attached hydrogens (tertiary/aromatic N) is 2. The van der Waals surface area contributed by atoms with E-state index in [2.05, 4.69) is 191 Å². The molecular formula is C48H30N2. The fourth-order valence-electron chi connectivity index (χ4n) is 8.53. The van der Waals surface area contributed by atoms with Crippen molar-refractivity contribution in [3.05, 3.63) is 182 Å². The highest BCUT2D eigenvalue weighted by Gasteiger charge is 2.26. The van der Waals surface area contributed by atoms with E-state index in [1.807, 2.05) is 0 Å². The summed E-state index contributed by atoms with van der Waals surface area (Å²) in [6, 6.07) is 66.8. The molecule has 2 aromatic heterocycles. The Morgan fingerprint density at radius 1 is 0.300 bits per heavy atom. The molecule has 10 aromatic rings. The van der Waals surface area contributed by atoms with Crippen molar-refractivity contribution in [3.63, 3.8) is 0 Å². The van der Waals surface area contributed by atoms with Crippen molar-refractivity contribution in [1.29, 1.82) is 0 Å². The first-order chi connectivity index (χ1) is 24.8. The Morgan fingerprint density at radius 2 is 0.900 bits per heavy atom. The summed E-state index contributed by atoms with van der Waals surface area (Å²) in [5, 5.41) is 5.07. The summed E-state index contributed by atoms with van der Waals surface area (Å²) in [4.78, 5) is 0. The molecule has 3 heterocycles. The Labute approximate surface area is 289 Å². The number of para-hydroxylation sites is 3. The molecule has 0 radical (unpaired) electrons. The van der Waals surface area contributed by atoms with E-state index >= 15 is 0 Å². The normalized spacial score (nSPS) is 12.0. The lowest BCUT2D eigenvalue weighted by Gasteiger charge is -2.14. The number of hydrogen-bond donors (Lipinski definition) is 0. The van der Waals surface area contributed by atoms with E-state index in [1.165, 1.54) is 99.5 Å². The predicted octanol–water partition coefficient (Wildman–Crippen LogP) is 12.9. The van der Waals surface area contributed by atoms with Crippen LogP contribution in [0.5, 0.6) is 0 Å². The van der Waals surface area contributed by atoms with Crippen LogP contribution in [0.2, 0.25) is 0 Å². The lowest BCUT2D eigenvalue weighted by molar-refractivity contribution is 1.18. The highest BCUT2D eigenvalue weighted by Crippen LogP contribution is 2.50. The molecular weight excluding hydrogens is 605 g/mol. The topological polar surface area (TPSA) is 9.86 Å². The Balaban J connectivity index is 1.26. The molecule has 0 amide bonds. The molecule has 2 nitrogen and oxygen atoms in total. The SMILES string of the molecule is c1ccc(-c2ccc3c(c2)-c2ccccc2-c2cc(-c4cccc5c4c4ccccc4n5-c4ccccc4)cc4c5ccccc5n-3c24)cc1. The number of rotatable bonds is 3. The Hall–Kier alpha value is -6.64. The fraction of sp³-hybridized carbons (Fsp3) is 0. The lowest BCUT2D eigenvalue weighted by atomic mass is 9.89. The third-order valence-corrected chi connectivity index (χ3v) is 10.6. The summed E-state index contributed by atoms with van der Waals surface area (Å²) in [7, 11) is 0. The minimum Gasteiger partial charge on any atom is -0.309 e. The molecule has 11 rings (SSSR count). The second-order valence-corrected chi connectivity index (χ2v) is 13.3. The van der Waals surface area contributed by atoms with Gasteiger partial charge in [-0.15, -0.1) is 0 Å². The van der Waals surface area contributed by atoms with E-state index in [-0.39, 0.29) is 0 Å². The zero-order valence-electron chi connectivity index (χ0n) is 27.2. The van der Waals surface area contributed by atoms with Crippen molar-refractivity contribution in [2.75, 3.05) is 0 Å². The van der Waals surface area contributed by atoms with Crippen LogP contribution in [0.1, 0.15) is 0 Å². The van der Waals surface area contributed by atoms with Gasteiger partial charge in [0.15, 0.2) is 0 Å². The average Bonchev–Trinajstić information content (AvgIpc) is 3.67. The Bertz CT molecular complexity index is 2960. The van der Waals surface area contributed by atoms with Crippen LogP contribution >= 0.6 is 0 Å². The molecule has 0 spiro atoms. The van der Waals surface area contributed by atoms with Gasteiger partial charge in [0.25, 0.3) is 0 Å². The van der Waals surface area contributed by atoms with Crippen LogP contribution < -0.4 is 0 Å². The van der Waals surface area contributed by atoms with Gasteiger partial charge >= 0.3 is 0 Å². The molecule has 0 N–H and O–H groups in total. The van der Waals surface area contributed by atoms with Crippen LogP contribution in [-0.4, -0.2) is 9.13 Å². The van der Waals surface area contributed by atoms with Gasteiger partial charge in [-0.1, -0.05) is 127 Å². The van der Waals surface area contributed by atoms with Crippen LogP contribution in [0, 0.1) is 0 Å². The molecule has 0 saturated heterocycles. The predicted molar refractivity (Wildman–Crippen MR) is 210 cm³/mol. The smallest absolute Gasteiger partial charge is 0.0620 e. The molecule has 1 aliphatic heterocycles. The van der Waals surface area contributed by atoms with Crippen LogP contribution in [0.3, 0.4) is 0 Å². The average molecular weight is 635 g/mol. The maximum Gasteiger partial charge on any atom is 0.0620 e. The van der Waals surface area contributed by atoms with Gasteiger partial charge in [-0.05, 0) is 88.0 Å². The van der Waals surface area contributed by atoms with Crippen LogP contribution in [0.25, 0.3) is 99.5 Å². The zero-order chi connectivity index (χ0) is 32.8. The first-order valence-electron chi connectivity index (χ1n) is 17.3. The van der Waals surface area contributed by atoms with Crippen molar-refractivity contribution in [3.8, 4) is 55.9 Å². The molecule has 0 unspecified atom stereocenters. The maximum atomic E-state index is 2.51. The van der Waals surface area contributed by atoms with E-state index in [0.717, 1.165) is 0 Å². The van der Waals surface area contributed by atoms with E-state index in [0.29, 0.717) is 0 Å².